The molecule has 16 heavy (non-hydrogen) atoms. The molecule has 1 aromatic carbocycles. The van der Waals surface area contributed by atoms with Crippen LogP contribution in [-0.4, -0.2) is 29.3 Å². The lowest BCUT2D eigenvalue weighted by Crippen LogP contribution is -2.10. The first-order valence-corrected chi connectivity index (χ1v) is 5.51. The summed E-state index contributed by atoms with van der Waals surface area (Å²) in [5, 5.41) is 17.8. The minimum atomic E-state index is -1.34. The van der Waals surface area contributed by atoms with E-state index in [0.29, 0.717) is 4.47 Å². The van der Waals surface area contributed by atoms with E-state index in [0.717, 1.165) is 0 Å². The maximum Gasteiger partial charge on any atom is 0.337 e. The smallest absolute Gasteiger partial charge is 0.337 e. The first-order valence-electron chi connectivity index (χ1n) is 3.92. The molecule has 86 valence electrons. The molecule has 0 aliphatic carbocycles. The van der Waals surface area contributed by atoms with E-state index in [1.807, 2.05) is 0 Å². The zero-order valence-corrected chi connectivity index (χ0v) is 11.1. The Balaban J connectivity index is 3.65. The van der Waals surface area contributed by atoms with E-state index in [4.69, 9.17) is 14.9 Å². The molecule has 0 fully saturated rings. The van der Waals surface area contributed by atoms with Crippen LogP contribution in [-0.2, 0) is 0 Å². The topological polar surface area (TPSA) is 83.8 Å². The number of hydrogen-bond acceptors (Lipinski definition) is 3. The first-order chi connectivity index (χ1) is 7.40. The Hall–Kier alpha value is -1.08. The van der Waals surface area contributed by atoms with Crippen molar-refractivity contribution in [3.05, 3.63) is 26.1 Å². The zero-order chi connectivity index (χ0) is 12.5. The van der Waals surface area contributed by atoms with Crippen molar-refractivity contribution >= 4 is 43.8 Å². The highest BCUT2D eigenvalue weighted by Crippen LogP contribution is 2.38. The molecule has 0 radical (unpaired) electrons. The number of benzene rings is 1. The van der Waals surface area contributed by atoms with Gasteiger partial charge in [0.2, 0.25) is 0 Å². The van der Waals surface area contributed by atoms with Crippen LogP contribution >= 0.6 is 31.9 Å². The van der Waals surface area contributed by atoms with E-state index in [-0.39, 0.29) is 21.3 Å². The van der Waals surface area contributed by atoms with Crippen molar-refractivity contribution in [2.45, 2.75) is 0 Å². The lowest BCUT2D eigenvalue weighted by atomic mass is 10.1. The van der Waals surface area contributed by atoms with Gasteiger partial charge in [0.15, 0.2) is 0 Å². The minimum absolute atomic E-state index is 0.0919. The number of aromatic carboxylic acids is 2. The van der Waals surface area contributed by atoms with Gasteiger partial charge in [-0.3, -0.25) is 0 Å². The number of hydrogen-bond donors (Lipinski definition) is 2. The number of carboxylic acids is 2. The SMILES string of the molecule is COc1c(Br)cc(C(=O)O)c(C(=O)O)c1Br. The van der Waals surface area contributed by atoms with Gasteiger partial charge in [-0.05, 0) is 37.9 Å². The van der Waals surface area contributed by atoms with Crippen LogP contribution in [0.15, 0.2) is 15.0 Å². The molecule has 0 saturated carbocycles. The second-order valence-corrected chi connectivity index (χ2v) is 4.39. The van der Waals surface area contributed by atoms with E-state index < -0.39 is 11.9 Å². The summed E-state index contributed by atoms with van der Waals surface area (Å²) in [6.07, 6.45) is 0. The minimum Gasteiger partial charge on any atom is -0.494 e. The monoisotopic (exact) mass is 352 g/mol. The Labute approximate surface area is 107 Å². The van der Waals surface area contributed by atoms with Gasteiger partial charge in [-0.1, -0.05) is 0 Å². The van der Waals surface area contributed by atoms with Gasteiger partial charge < -0.3 is 14.9 Å². The number of methoxy groups -OCH3 is 1. The van der Waals surface area contributed by atoms with Gasteiger partial charge in [-0.15, -0.1) is 0 Å². The van der Waals surface area contributed by atoms with E-state index in [1.54, 1.807) is 0 Å². The van der Waals surface area contributed by atoms with Gasteiger partial charge in [0, 0.05) is 0 Å². The zero-order valence-electron chi connectivity index (χ0n) is 7.95. The maximum atomic E-state index is 11.0. The summed E-state index contributed by atoms with van der Waals surface area (Å²) in [6, 6.07) is 1.19. The maximum absolute atomic E-state index is 11.0. The van der Waals surface area contributed by atoms with Crippen LogP contribution in [0.25, 0.3) is 0 Å². The number of carbonyl (C=O) groups is 2. The average molecular weight is 354 g/mol. The lowest BCUT2D eigenvalue weighted by molar-refractivity contribution is 0.0650. The summed E-state index contributed by atoms with van der Waals surface area (Å²) in [6.45, 7) is 0. The Kier molecular flexibility index (Phi) is 3.93. The van der Waals surface area contributed by atoms with Crippen molar-refractivity contribution in [1.82, 2.24) is 0 Å². The molecule has 0 atom stereocenters. The fourth-order valence-electron chi connectivity index (χ4n) is 1.17. The molecule has 1 rings (SSSR count). The quantitative estimate of drug-likeness (QED) is 0.872. The van der Waals surface area contributed by atoms with Crippen LogP contribution < -0.4 is 4.74 Å². The summed E-state index contributed by atoms with van der Waals surface area (Å²) in [5.74, 6) is -2.42. The second kappa shape index (κ2) is 4.84. The van der Waals surface area contributed by atoms with Crippen molar-refractivity contribution in [3.8, 4) is 5.75 Å². The van der Waals surface area contributed by atoms with Gasteiger partial charge in [0.1, 0.15) is 5.75 Å². The van der Waals surface area contributed by atoms with Crippen LogP contribution in [0, 0.1) is 0 Å². The summed E-state index contributed by atoms with van der Waals surface area (Å²) < 4.78 is 5.41. The highest BCUT2D eigenvalue weighted by atomic mass is 79.9. The van der Waals surface area contributed by atoms with Crippen molar-refractivity contribution in [1.29, 1.82) is 0 Å². The van der Waals surface area contributed by atoms with Gasteiger partial charge in [-0.2, -0.15) is 0 Å². The number of rotatable bonds is 3. The highest BCUT2D eigenvalue weighted by molar-refractivity contribution is 9.11. The largest absolute Gasteiger partial charge is 0.494 e. The summed E-state index contributed by atoms with van der Waals surface area (Å²) in [5.41, 5.74) is -0.653. The van der Waals surface area contributed by atoms with E-state index in [2.05, 4.69) is 31.9 Å². The number of halogens is 2. The molecule has 0 aliphatic rings. The predicted octanol–water partition coefficient (Wildman–Crippen LogP) is 2.62. The fraction of sp³-hybridized carbons (Fsp3) is 0.111. The van der Waals surface area contributed by atoms with Gasteiger partial charge in [-0.25, -0.2) is 9.59 Å². The van der Waals surface area contributed by atoms with Crippen molar-refractivity contribution in [2.75, 3.05) is 7.11 Å². The molecule has 0 spiro atoms. The standard InChI is InChI=1S/C9H6Br2O5/c1-16-7-4(10)2-3(8(12)13)5(6(7)11)9(14)15/h2H,1H3,(H,12,13)(H,14,15). The van der Waals surface area contributed by atoms with E-state index in [1.165, 1.54) is 13.2 Å². The van der Waals surface area contributed by atoms with E-state index >= 15 is 0 Å². The molecule has 5 nitrogen and oxygen atoms in total. The lowest BCUT2D eigenvalue weighted by Gasteiger charge is -2.11. The second-order valence-electron chi connectivity index (χ2n) is 2.74. The summed E-state index contributed by atoms with van der Waals surface area (Å²) in [4.78, 5) is 21.8. The molecule has 1 aromatic rings. The molecule has 0 saturated heterocycles. The Morgan fingerprint density at radius 2 is 1.81 bits per heavy atom. The number of ether oxygens (including phenoxy) is 1. The Morgan fingerprint density at radius 1 is 1.25 bits per heavy atom. The molecule has 0 aliphatic heterocycles. The molecule has 7 heteroatoms. The molecule has 0 bridgehead atoms. The number of carboxylic acid groups (broad SMARTS) is 2. The van der Waals surface area contributed by atoms with Crippen LogP contribution in [0.5, 0.6) is 5.75 Å². The molecule has 0 aromatic heterocycles. The predicted molar refractivity (Wildman–Crippen MR) is 62.3 cm³/mol. The van der Waals surface area contributed by atoms with Gasteiger partial charge in [0.25, 0.3) is 0 Å². The summed E-state index contributed by atoms with van der Waals surface area (Å²) >= 11 is 6.11. The van der Waals surface area contributed by atoms with Crippen LogP contribution in [0.2, 0.25) is 0 Å². The molecular formula is C9H6Br2O5. The Bertz CT molecular complexity index is 469. The van der Waals surface area contributed by atoms with Gasteiger partial charge in [0.05, 0.1) is 27.2 Å². The summed E-state index contributed by atoms with van der Waals surface area (Å²) in [7, 11) is 1.36. The third-order valence-corrected chi connectivity index (χ3v) is 3.17. The van der Waals surface area contributed by atoms with Gasteiger partial charge >= 0.3 is 11.9 Å². The third kappa shape index (κ3) is 2.19. The van der Waals surface area contributed by atoms with Crippen LogP contribution in [0.3, 0.4) is 0 Å². The van der Waals surface area contributed by atoms with Crippen molar-refractivity contribution in [2.24, 2.45) is 0 Å². The van der Waals surface area contributed by atoms with E-state index in [9.17, 15) is 9.59 Å². The normalized spacial score (nSPS) is 9.94. The highest BCUT2D eigenvalue weighted by Gasteiger charge is 2.24. The van der Waals surface area contributed by atoms with Crippen LogP contribution in [0.4, 0.5) is 0 Å². The first kappa shape index (κ1) is 13.0. The average Bonchev–Trinajstić information content (AvgIpc) is 2.16. The molecule has 0 unspecified atom stereocenters. The van der Waals surface area contributed by atoms with Crippen molar-refractivity contribution in [3.63, 3.8) is 0 Å². The molecule has 2 N–H and O–H groups in total. The molecule has 0 amide bonds. The Morgan fingerprint density at radius 3 is 2.19 bits per heavy atom. The fourth-order valence-corrected chi connectivity index (χ4v) is 2.78. The third-order valence-electron chi connectivity index (χ3n) is 1.82. The van der Waals surface area contributed by atoms with Crippen molar-refractivity contribution < 1.29 is 24.5 Å². The van der Waals surface area contributed by atoms with Crippen LogP contribution in [0.1, 0.15) is 20.7 Å². The molecular weight excluding hydrogens is 348 g/mol. The molecule has 0 heterocycles.